The van der Waals surface area contributed by atoms with Crippen LogP contribution in [0.4, 0.5) is 0 Å². The predicted octanol–water partition coefficient (Wildman–Crippen LogP) is 1.08. The summed E-state index contributed by atoms with van der Waals surface area (Å²) < 4.78 is 0. The van der Waals surface area contributed by atoms with Crippen LogP contribution in [0.15, 0.2) is 0 Å². The number of carbonyl (C=O) groups is 1. The van der Waals surface area contributed by atoms with Crippen molar-refractivity contribution in [2.45, 2.75) is 19.3 Å². The molecule has 0 aromatic carbocycles. The first-order valence-electron chi connectivity index (χ1n) is 3.85. The van der Waals surface area contributed by atoms with Gasteiger partial charge in [-0.2, -0.15) is 0 Å². The molecule has 0 aromatic heterocycles. The lowest BCUT2D eigenvalue weighted by molar-refractivity contribution is -0.119. The first-order valence-corrected chi connectivity index (χ1v) is 3.85. The second-order valence-corrected chi connectivity index (χ2v) is 2.87. The van der Waals surface area contributed by atoms with Gasteiger partial charge >= 0.3 is 0 Å². The summed E-state index contributed by atoms with van der Waals surface area (Å²) in [7, 11) is 0. The van der Waals surface area contributed by atoms with E-state index in [0.717, 1.165) is 44.7 Å². The molecule has 2 heteroatoms. The molecule has 10 heavy (non-hydrogen) atoms. The molecule has 0 N–H and O–H groups in total. The van der Waals surface area contributed by atoms with Crippen LogP contribution in [0, 0.1) is 12.8 Å². The van der Waals surface area contributed by atoms with Crippen LogP contribution in [0.5, 0.6) is 0 Å². The van der Waals surface area contributed by atoms with Crippen molar-refractivity contribution in [1.29, 1.82) is 0 Å². The molecule has 0 aromatic rings. The van der Waals surface area contributed by atoms with Crippen LogP contribution in [-0.2, 0) is 4.79 Å². The molecule has 0 bridgehead atoms. The molecule has 0 saturated carbocycles. The average Bonchev–Trinajstić information content (AvgIpc) is 2.05. The third-order valence-electron chi connectivity index (χ3n) is 2.21. The Morgan fingerprint density at radius 2 is 2.10 bits per heavy atom. The quantitative estimate of drug-likeness (QED) is 0.525. The minimum atomic E-state index is 0.760. The number of likely N-dealkylation sites (tertiary alicyclic amines) is 1. The van der Waals surface area contributed by atoms with Gasteiger partial charge in [-0.1, -0.05) is 13.3 Å². The minimum absolute atomic E-state index is 0.760. The van der Waals surface area contributed by atoms with E-state index in [1.807, 2.05) is 4.90 Å². The molecular weight excluding hydrogens is 126 g/mol. The van der Waals surface area contributed by atoms with E-state index in [0.29, 0.717) is 0 Å². The smallest absolute Gasteiger partial charge is 0.209 e. The summed E-state index contributed by atoms with van der Waals surface area (Å²) in [6, 6.07) is 0. The van der Waals surface area contributed by atoms with Gasteiger partial charge in [0.25, 0.3) is 0 Å². The number of hydrogen-bond donors (Lipinski definition) is 0. The van der Waals surface area contributed by atoms with E-state index >= 15 is 0 Å². The fraction of sp³-hybridized carbons (Fsp3) is 0.750. The first kappa shape index (κ1) is 7.58. The largest absolute Gasteiger partial charge is 0.345 e. The van der Waals surface area contributed by atoms with E-state index < -0.39 is 0 Å². The van der Waals surface area contributed by atoms with E-state index in [1.165, 1.54) is 0 Å². The summed E-state index contributed by atoms with van der Waals surface area (Å²) in [4.78, 5) is 12.1. The van der Waals surface area contributed by atoms with Crippen molar-refractivity contribution in [2.75, 3.05) is 13.1 Å². The standard InChI is InChI=1S/C8H14NO/c1-2-8-3-5-9(7-10)6-4-8/h7-8H,1-6H2. The van der Waals surface area contributed by atoms with Gasteiger partial charge in [0, 0.05) is 13.1 Å². The lowest BCUT2D eigenvalue weighted by Crippen LogP contribution is -2.32. The van der Waals surface area contributed by atoms with Gasteiger partial charge in [-0.15, -0.1) is 0 Å². The number of nitrogens with zero attached hydrogens (tertiary/aromatic N) is 1. The second-order valence-electron chi connectivity index (χ2n) is 2.87. The van der Waals surface area contributed by atoms with Crippen LogP contribution >= 0.6 is 0 Å². The molecule has 0 unspecified atom stereocenters. The van der Waals surface area contributed by atoms with Crippen LogP contribution in [0.2, 0.25) is 0 Å². The molecule has 57 valence electrons. The van der Waals surface area contributed by atoms with Crippen molar-refractivity contribution in [1.82, 2.24) is 4.90 Å². The number of amides is 1. The van der Waals surface area contributed by atoms with Crippen molar-refractivity contribution in [3.05, 3.63) is 6.92 Å². The molecule has 0 atom stereocenters. The molecule has 1 aliphatic heterocycles. The molecule has 1 heterocycles. The maximum atomic E-state index is 10.3. The van der Waals surface area contributed by atoms with Gasteiger partial charge in [0.1, 0.15) is 0 Å². The first-order chi connectivity index (χ1) is 4.86. The Bertz CT molecular complexity index is 106. The highest BCUT2D eigenvalue weighted by Gasteiger charge is 2.15. The fourth-order valence-electron chi connectivity index (χ4n) is 1.35. The number of piperidine rings is 1. The van der Waals surface area contributed by atoms with E-state index in [9.17, 15) is 4.79 Å². The van der Waals surface area contributed by atoms with Gasteiger partial charge in [0.2, 0.25) is 6.41 Å². The monoisotopic (exact) mass is 140 g/mol. The number of hydrogen-bond acceptors (Lipinski definition) is 1. The van der Waals surface area contributed by atoms with E-state index in [2.05, 4.69) is 6.92 Å². The lowest BCUT2D eigenvalue weighted by atomic mass is 9.95. The van der Waals surface area contributed by atoms with Crippen molar-refractivity contribution >= 4 is 6.41 Å². The summed E-state index contributed by atoms with van der Waals surface area (Å²) in [6.07, 6.45) is 4.25. The van der Waals surface area contributed by atoms with Gasteiger partial charge in [-0.05, 0) is 18.8 Å². The Hall–Kier alpha value is -0.530. The van der Waals surface area contributed by atoms with Gasteiger partial charge in [0.05, 0.1) is 0 Å². The minimum Gasteiger partial charge on any atom is -0.345 e. The highest BCUT2D eigenvalue weighted by molar-refractivity contribution is 5.47. The molecule has 1 fully saturated rings. The Morgan fingerprint density at radius 3 is 2.50 bits per heavy atom. The zero-order valence-corrected chi connectivity index (χ0v) is 6.25. The molecule has 1 rings (SSSR count). The maximum absolute atomic E-state index is 10.3. The molecule has 0 spiro atoms. The van der Waals surface area contributed by atoms with Crippen molar-refractivity contribution < 1.29 is 4.79 Å². The number of rotatable bonds is 2. The zero-order chi connectivity index (χ0) is 7.40. The molecule has 2 nitrogen and oxygen atoms in total. The zero-order valence-electron chi connectivity index (χ0n) is 6.25. The molecule has 0 aliphatic carbocycles. The average molecular weight is 140 g/mol. The van der Waals surface area contributed by atoms with Crippen molar-refractivity contribution in [3.63, 3.8) is 0 Å². The summed E-state index contributed by atoms with van der Waals surface area (Å²) in [6.45, 7) is 5.72. The van der Waals surface area contributed by atoms with E-state index in [4.69, 9.17) is 0 Å². The second kappa shape index (κ2) is 3.59. The molecule has 1 amide bonds. The summed E-state index contributed by atoms with van der Waals surface area (Å²) >= 11 is 0. The highest BCUT2D eigenvalue weighted by Crippen LogP contribution is 2.18. The Labute approximate surface area is 62.2 Å². The third kappa shape index (κ3) is 1.72. The molecule has 1 saturated heterocycles. The Kier molecular flexibility index (Phi) is 2.72. The van der Waals surface area contributed by atoms with Gasteiger partial charge < -0.3 is 4.90 Å². The van der Waals surface area contributed by atoms with Crippen LogP contribution in [-0.4, -0.2) is 24.4 Å². The molecular formula is C8H14NO. The predicted molar refractivity (Wildman–Crippen MR) is 40.3 cm³/mol. The van der Waals surface area contributed by atoms with Crippen LogP contribution < -0.4 is 0 Å². The Balaban J connectivity index is 2.23. The lowest BCUT2D eigenvalue weighted by Gasteiger charge is -2.28. The third-order valence-corrected chi connectivity index (χ3v) is 2.21. The molecule has 1 aliphatic rings. The van der Waals surface area contributed by atoms with Crippen molar-refractivity contribution in [2.24, 2.45) is 5.92 Å². The summed E-state index contributed by atoms with van der Waals surface area (Å²) in [5, 5.41) is 0. The van der Waals surface area contributed by atoms with Crippen molar-refractivity contribution in [3.8, 4) is 0 Å². The van der Waals surface area contributed by atoms with Gasteiger partial charge in [-0.25, -0.2) is 0 Å². The summed E-state index contributed by atoms with van der Waals surface area (Å²) in [5.74, 6) is 0.760. The van der Waals surface area contributed by atoms with Crippen LogP contribution in [0.1, 0.15) is 19.3 Å². The Morgan fingerprint density at radius 1 is 1.50 bits per heavy atom. The van der Waals surface area contributed by atoms with Gasteiger partial charge in [0.15, 0.2) is 0 Å². The fourth-order valence-corrected chi connectivity index (χ4v) is 1.35. The van der Waals surface area contributed by atoms with Gasteiger partial charge in [-0.3, -0.25) is 4.79 Å². The maximum Gasteiger partial charge on any atom is 0.209 e. The SMILES string of the molecule is [CH2]CC1CCN(C=O)CC1. The summed E-state index contributed by atoms with van der Waals surface area (Å²) in [5.41, 5.74) is 0. The highest BCUT2D eigenvalue weighted by atomic mass is 16.1. The van der Waals surface area contributed by atoms with Crippen LogP contribution in [0.25, 0.3) is 0 Å². The number of carbonyl (C=O) groups excluding carboxylic acids is 1. The molecule has 1 radical (unpaired) electrons. The van der Waals surface area contributed by atoms with Crippen LogP contribution in [0.3, 0.4) is 0 Å². The normalized spacial score (nSPS) is 21.1. The van der Waals surface area contributed by atoms with E-state index in [-0.39, 0.29) is 0 Å². The topological polar surface area (TPSA) is 20.3 Å². The van der Waals surface area contributed by atoms with E-state index in [1.54, 1.807) is 0 Å².